The Morgan fingerprint density at radius 3 is 1.89 bits per heavy atom. The maximum Gasteiger partial charge on any atom is 0.240 e. The molecular formula is C34H30Cl2F2N4O3. The van der Waals surface area contributed by atoms with Gasteiger partial charge in [-0.1, -0.05) is 77.8 Å². The monoisotopic (exact) mass is 650 g/mol. The van der Waals surface area contributed by atoms with E-state index in [1.54, 1.807) is 48.5 Å². The third-order valence-corrected chi connectivity index (χ3v) is 8.16. The number of carbonyl (C=O) groups is 3. The minimum atomic E-state index is -1.05. The minimum Gasteiger partial charge on any atom is -0.368 e. The summed E-state index contributed by atoms with van der Waals surface area (Å²) in [4.78, 5) is 42.1. The molecular weight excluding hydrogens is 621 g/mol. The van der Waals surface area contributed by atoms with Crippen molar-refractivity contribution in [3.8, 4) is 0 Å². The Morgan fingerprint density at radius 2 is 1.38 bits per heavy atom. The second-order valence-corrected chi connectivity index (χ2v) is 11.8. The third-order valence-electron chi connectivity index (χ3n) is 7.66. The van der Waals surface area contributed by atoms with Gasteiger partial charge in [0.2, 0.25) is 17.7 Å². The van der Waals surface area contributed by atoms with Crippen molar-refractivity contribution in [2.75, 3.05) is 18.0 Å². The molecule has 0 saturated carbocycles. The van der Waals surface area contributed by atoms with E-state index >= 15 is 0 Å². The lowest BCUT2D eigenvalue weighted by Gasteiger charge is -2.49. The van der Waals surface area contributed by atoms with Gasteiger partial charge in [0.15, 0.2) is 0 Å². The number of carbonyl (C=O) groups excluding carboxylic acids is 3. The highest BCUT2D eigenvalue weighted by molar-refractivity contribution is 6.30. The fourth-order valence-electron chi connectivity index (χ4n) is 5.54. The van der Waals surface area contributed by atoms with Gasteiger partial charge >= 0.3 is 0 Å². The molecule has 1 saturated heterocycles. The molecule has 7 nitrogen and oxygen atoms in total. The molecule has 0 radical (unpaired) electrons. The van der Waals surface area contributed by atoms with Gasteiger partial charge in [-0.25, -0.2) is 8.78 Å². The van der Waals surface area contributed by atoms with Gasteiger partial charge < -0.3 is 16.0 Å². The van der Waals surface area contributed by atoms with E-state index in [4.69, 9.17) is 28.9 Å². The molecule has 11 heteroatoms. The van der Waals surface area contributed by atoms with Gasteiger partial charge in [0, 0.05) is 41.3 Å². The molecule has 0 bridgehead atoms. The summed E-state index contributed by atoms with van der Waals surface area (Å²) in [5, 5.41) is 3.71. The number of nitrogens with zero attached hydrogens (tertiary/aromatic N) is 2. The van der Waals surface area contributed by atoms with Crippen molar-refractivity contribution in [2.24, 2.45) is 5.73 Å². The van der Waals surface area contributed by atoms with E-state index in [9.17, 15) is 23.2 Å². The number of nitrogens with one attached hydrogen (secondary N) is 1. The predicted molar refractivity (Wildman–Crippen MR) is 170 cm³/mol. The molecule has 45 heavy (non-hydrogen) atoms. The zero-order valence-electron chi connectivity index (χ0n) is 24.0. The fraction of sp³-hybridized carbons (Fsp3) is 0.206. The number of likely N-dealkylation sites (tertiary alicyclic amines) is 1. The van der Waals surface area contributed by atoms with Crippen LogP contribution < -0.4 is 16.0 Å². The number of benzene rings is 4. The smallest absolute Gasteiger partial charge is 0.240 e. The van der Waals surface area contributed by atoms with Gasteiger partial charge in [-0.15, -0.1) is 0 Å². The van der Waals surface area contributed by atoms with Crippen LogP contribution in [0.5, 0.6) is 0 Å². The van der Waals surface area contributed by atoms with Crippen LogP contribution in [0.2, 0.25) is 10.0 Å². The van der Waals surface area contributed by atoms with E-state index in [-0.39, 0.29) is 18.2 Å². The van der Waals surface area contributed by atoms with Crippen LogP contribution in [-0.2, 0) is 20.8 Å². The van der Waals surface area contributed by atoms with E-state index in [0.29, 0.717) is 29.2 Å². The van der Waals surface area contributed by atoms with E-state index in [0.717, 1.165) is 28.8 Å². The van der Waals surface area contributed by atoms with Gasteiger partial charge in [0.25, 0.3) is 0 Å². The maximum atomic E-state index is 14.3. The standard InChI is InChI=1S/C34H30Cl2F2N4O3/c35-24-10-6-22(7-11-24)33(23-8-12-25(36)13-9-23)41-19-29(20-41)42(28-16-26(37)15-27(38)17-28)32(44)18-31(43)40-30(34(39)45)14-21-4-2-1-3-5-21/h1-13,15-17,29-30,33H,14,18-20H2,(H2,39,45)(H,40,43). The van der Waals surface area contributed by atoms with Gasteiger partial charge in [-0.05, 0) is 53.1 Å². The summed E-state index contributed by atoms with van der Waals surface area (Å²) in [6.07, 6.45) is -0.520. The Balaban J connectivity index is 1.36. The van der Waals surface area contributed by atoms with Crippen LogP contribution in [0.15, 0.2) is 97.1 Å². The quantitative estimate of drug-likeness (QED) is 0.204. The highest BCUT2D eigenvalue weighted by Crippen LogP contribution is 2.36. The number of amides is 3. The number of anilines is 1. The Morgan fingerprint density at radius 1 is 0.844 bits per heavy atom. The van der Waals surface area contributed by atoms with E-state index < -0.39 is 47.9 Å². The second kappa shape index (κ2) is 14.2. The summed E-state index contributed by atoms with van der Waals surface area (Å²) in [6.45, 7) is 0.665. The molecule has 1 aliphatic rings. The first kappa shape index (κ1) is 32.1. The first-order valence-electron chi connectivity index (χ1n) is 14.2. The van der Waals surface area contributed by atoms with Crippen molar-refractivity contribution in [3.05, 3.63) is 135 Å². The van der Waals surface area contributed by atoms with Gasteiger partial charge in [0.05, 0.1) is 12.1 Å². The van der Waals surface area contributed by atoms with Crippen LogP contribution in [0.3, 0.4) is 0 Å². The van der Waals surface area contributed by atoms with E-state index in [1.807, 2.05) is 30.3 Å². The van der Waals surface area contributed by atoms with E-state index in [1.165, 1.54) is 4.90 Å². The van der Waals surface area contributed by atoms with Crippen LogP contribution >= 0.6 is 23.2 Å². The number of primary amides is 1. The Kier molecular flexibility index (Phi) is 10.1. The molecule has 4 aromatic carbocycles. The molecule has 1 heterocycles. The first-order chi connectivity index (χ1) is 21.6. The molecule has 1 fully saturated rings. The molecule has 232 valence electrons. The molecule has 3 N–H and O–H groups in total. The highest BCUT2D eigenvalue weighted by atomic mass is 35.5. The summed E-state index contributed by atoms with van der Waals surface area (Å²) in [7, 11) is 0. The van der Waals surface area contributed by atoms with E-state index in [2.05, 4.69) is 10.2 Å². The lowest BCUT2D eigenvalue weighted by molar-refractivity contribution is -0.131. The third kappa shape index (κ3) is 8.05. The van der Waals surface area contributed by atoms with Gasteiger partial charge in [-0.2, -0.15) is 0 Å². The number of rotatable bonds is 11. The van der Waals surface area contributed by atoms with Crippen molar-refractivity contribution < 1.29 is 23.2 Å². The SMILES string of the molecule is NC(=O)C(Cc1ccccc1)NC(=O)CC(=O)N(c1cc(F)cc(F)c1)C1CN(C(c2ccc(Cl)cc2)c2ccc(Cl)cc2)C1. The molecule has 0 aromatic heterocycles. The molecule has 1 aliphatic heterocycles. The largest absolute Gasteiger partial charge is 0.368 e. The summed E-state index contributed by atoms with van der Waals surface area (Å²) < 4.78 is 28.7. The van der Waals surface area contributed by atoms with Crippen LogP contribution in [0.1, 0.15) is 29.2 Å². The Bertz CT molecular complexity index is 1600. The summed E-state index contributed by atoms with van der Waals surface area (Å²) in [6, 6.07) is 24.8. The van der Waals surface area contributed by atoms with Gasteiger partial charge in [0.1, 0.15) is 24.1 Å². The molecule has 5 rings (SSSR count). The summed E-state index contributed by atoms with van der Waals surface area (Å²) in [5.41, 5.74) is 8.19. The van der Waals surface area contributed by atoms with Crippen molar-refractivity contribution in [3.63, 3.8) is 0 Å². The summed E-state index contributed by atoms with van der Waals surface area (Å²) in [5.74, 6) is -3.90. The number of hydrogen-bond acceptors (Lipinski definition) is 4. The molecule has 1 unspecified atom stereocenters. The first-order valence-corrected chi connectivity index (χ1v) is 15.0. The number of nitrogens with two attached hydrogens (primary N) is 1. The topological polar surface area (TPSA) is 95.7 Å². The zero-order chi connectivity index (χ0) is 32.1. The number of hydrogen-bond donors (Lipinski definition) is 2. The van der Waals surface area contributed by atoms with Crippen LogP contribution in [0, 0.1) is 11.6 Å². The molecule has 0 aliphatic carbocycles. The Hall–Kier alpha value is -4.31. The molecule has 4 aromatic rings. The lowest BCUT2D eigenvalue weighted by Crippen LogP contribution is -2.62. The highest BCUT2D eigenvalue weighted by Gasteiger charge is 2.40. The Labute approximate surface area is 269 Å². The van der Waals surface area contributed by atoms with Crippen LogP contribution in [-0.4, -0.2) is 47.8 Å². The lowest BCUT2D eigenvalue weighted by atomic mass is 9.92. The van der Waals surface area contributed by atoms with Crippen molar-refractivity contribution in [1.29, 1.82) is 0 Å². The average molecular weight is 652 g/mol. The molecule has 1 atom stereocenters. The number of halogens is 4. The van der Waals surface area contributed by atoms with Crippen molar-refractivity contribution >= 4 is 46.6 Å². The van der Waals surface area contributed by atoms with Crippen LogP contribution in [0.25, 0.3) is 0 Å². The molecule has 3 amide bonds. The average Bonchev–Trinajstić information content (AvgIpc) is 2.97. The van der Waals surface area contributed by atoms with Gasteiger partial charge in [-0.3, -0.25) is 19.3 Å². The fourth-order valence-corrected chi connectivity index (χ4v) is 5.80. The maximum absolute atomic E-state index is 14.3. The zero-order valence-corrected chi connectivity index (χ0v) is 25.5. The van der Waals surface area contributed by atoms with Crippen molar-refractivity contribution in [1.82, 2.24) is 10.2 Å². The summed E-state index contributed by atoms with van der Waals surface area (Å²) >= 11 is 12.3. The molecule has 0 spiro atoms. The normalized spacial score (nSPS) is 14.1. The van der Waals surface area contributed by atoms with Crippen LogP contribution in [0.4, 0.5) is 14.5 Å². The predicted octanol–water partition coefficient (Wildman–Crippen LogP) is 5.68. The van der Waals surface area contributed by atoms with Crippen molar-refractivity contribution in [2.45, 2.75) is 31.0 Å². The second-order valence-electron chi connectivity index (χ2n) is 10.9. The minimum absolute atomic E-state index is 0.0137.